The summed E-state index contributed by atoms with van der Waals surface area (Å²) in [5, 5.41) is 3.10. The van der Waals surface area contributed by atoms with Crippen molar-refractivity contribution in [1.29, 1.82) is 0 Å². The first kappa shape index (κ1) is 16.9. The highest BCUT2D eigenvalue weighted by Crippen LogP contribution is 2.49. The Morgan fingerprint density at radius 1 is 1.35 bits per heavy atom. The van der Waals surface area contributed by atoms with E-state index in [9.17, 15) is 4.79 Å². The summed E-state index contributed by atoms with van der Waals surface area (Å²) in [4.78, 5) is 14.9. The largest absolute Gasteiger partial charge is 0.356 e. The summed E-state index contributed by atoms with van der Waals surface area (Å²) >= 11 is 1.82. The summed E-state index contributed by atoms with van der Waals surface area (Å²) in [6.45, 7) is 8.57. The molecule has 128 valence electrons. The molecule has 0 bridgehead atoms. The quantitative estimate of drug-likeness (QED) is 0.775. The number of ether oxygens (including phenoxy) is 2. The molecule has 1 aromatic heterocycles. The van der Waals surface area contributed by atoms with Gasteiger partial charge in [0.2, 0.25) is 5.91 Å². The maximum Gasteiger partial charge on any atom is 0.223 e. The van der Waals surface area contributed by atoms with Crippen molar-refractivity contribution in [3.8, 4) is 0 Å². The van der Waals surface area contributed by atoms with Crippen LogP contribution in [0.5, 0.6) is 0 Å². The Balaban J connectivity index is 1.35. The predicted octanol–water partition coefficient (Wildman–Crippen LogP) is 3.46. The summed E-state index contributed by atoms with van der Waals surface area (Å²) < 4.78 is 11.2. The third kappa shape index (κ3) is 4.14. The lowest BCUT2D eigenvalue weighted by molar-refractivity contribution is -0.124. The molecule has 1 saturated heterocycles. The molecule has 0 radical (unpaired) electrons. The average Bonchev–Trinajstić information content (AvgIpc) is 2.92. The molecular formula is C18H27NO3S. The van der Waals surface area contributed by atoms with Crippen LogP contribution in [0.4, 0.5) is 0 Å². The van der Waals surface area contributed by atoms with Crippen molar-refractivity contribution in [1.82, 2.24) is 5.32 Å². The molecule has 1 saturated carbocycles. The van der Waals surface area contributed by atoms with Gasteiger partial charge in [-0.25, -0.2) is 0 Å². The molecule has 3 rings (SSSR count). The molecule has 0 unspecified atom stereocenters. The van der Waals surface area contributed by atoms with E-state index in [2.05, 4.69) is 38.2 Å². The highest BCUT2D eigenvalue weighted by molar-refractivity contribution is 7.12. The Kier molecular flexibility index (Phi) is 5.09. The van der Waals surface area contributed by atoms with Crippen LogP contribution in [0, 0.1) is 18.3 Å². The van der Waals surface area contributed by atoms with Crippen LogP contribution in [0.15, 0.2) is 12.1 Å². The fraction of sp³-hybridized carbons (Fsp3) is 0.722. The van der Waals surface area contributed by atoms with E-state index < -0.39 is 0 Å². The fourth-order valence-corrected chi connectivity index (χ4v) is 4.32. The van der Waals surface area contributed by atoms with E-state index in [1.165, 1.54) is 9.75 Å². The van der Waals surface area contributed by atoms with Gasteiger partial charge in [0.25, 0.3) is 0 Å². The zero-order valence-electron chi connectivity index (χ0n) is 14.3. The van der Waals surface area contributed by atoms with Crippen LogP contribution in [-0.4, -0.2) is 32.0 Å². The molecule has 5 heteroatoms. The highest BCUT2D eigenvalue weighted by atomic mass is 32.1. The maximum absolute atomic E-state index is 12.2. The molecule has 0 spiro atoms. The molecule has 1 aliphatic heterocycles. The lowest BCUT2D eigenvalue weighted by Crippen LogP contribution is -2.32. The second-order valence-corrected chi connectivity index (χ2v) is 8.67. The third-order valence-electron chi connectivity index (χ3n) is 4.81. The van der Waals surface area contributed by atoms with E-state index in [4.69, 9.17) is 9.47 Å². The van der Waals surface area contributed by atoms with Gasteiger partial charge >= 0.3 is 0 Å². The van der Waals surface area contributed by atoms with Gasteiger partial charge in [0, 0.05) is 33.5 Å². The number of carbonyl (C=O) groups excluding carboxylic acids is 1. The molecule has 4 nitrogen and oxygen atoms in total. The SMILES string of the molecule is Cc1ccc([C@@H]2C[C@@H]2C(=O)NCCCC(C)(C)C2OCCO2)s1. The molecule has 2 fully saturated rings. The molecule has 1 N–H and O–H groups in total. The van der Waals surface area contributed by atoms with Crippen LogP contribution in [0.25, 0.3) is 0 Å². The lowest BCUT2D eigenvalue weighted by Gasteiger charge is -2.29. The molecule has 1 aromatic rings. The van der Waals surface area contributed by atoms with E-state index in [0.717, 1.165) is 25.8 Å². The van der Waals surface area contributed by atoms with E-state index in [-0.39, 0.29) is 23.5 Å². The normalized spacial score (nSPS) is 24.8. The predicted molar refractivity (Wildman–Crippen MR) is 91.6 cm³/mol. The second kappa shape index (κ2) is 6.91. The Morgan fingerprint density at radius 2 is 2.09 bits per heavy atom. The summed E-state index contributed by atoms with van der Waals surface area (Å²) in [6, 6.07) is 4.31. The van der Waals surface area contributed by atoms with Gasteiger partial charge in [0.1, 0.15) is 0 Å². The number of nitrogens with one attached hydrogen (secondary N) is 1. The van der Waals surface area contributed by atoms with Crippen molar-refractivity contribution in [2.45, 2.75) is 52.2 Å². The van der Waals surface area contributed by atoms with Gasteiger partial charge in [0.15, 0.2) is 6.29 Å². The Bertz CT molecular complexity index is 548. The van der Waals surface area contributed by atoms with Crippen molar-refractivity contribution in [2.75, 3.05) is 19.8 Å². The minimum absolute atomic E-state index is 0.00214. The minimum atomic E-state index is -0.104. The van der Waals surface area contributed by atoms with Crippen LogP contribution in [0.3, 0.4) is 0 Å². The summed E-state index contributed by atoms with van der Waals surface area (Å²) in [7, 11) is 0. The summed E-state index contributed by atoms with van der Waals surface area (Å²) in [5.74, 6) is 0.847. The van der Waals surface area contributed by atoms with E-state index in [1.54, 1.807) is 0 Å². The van der Waals surface area contributed by atoms with Gasteiger partial charge in [-0.15, -0.1) is 11.3 Å². The standard InChI is InChI=1S/C18H27NO3S/c1-12-5-6-15(23-12)13-11-14(13)16(20)19-8-4-7-18(2,3)17-21-9-10-22-17/h5-6,13-14,17H,4,7-11H2,1-3H3,(H,19,20)/t13-,14+/m1/s1. The number of rotatable bonds is 7. The Morgan fingerprint density at radius 3 is 2.74 bits per heavy atom. The van der Waals surface area contributed by atoms with Crippen molar-refractivity contribution >= 4 is 17.2 Å². The number of carbonyl (C=O) groups is 1. The van der Waals surface area contributed by atoms with Crippen molar-refractivity contribution in [3.63, 3.8) is 0 Å². The first-order valence-corrected chi connectivity index (χ1v) is 9.36. The van der Waals surface area contributed by atoms with E-state index in [1.807, 2.05) is 11.3 Å². The van der Waals surface area contributed by atoms with Gasteiger partial charge in [-0.1, -0.05) is 13.8 Å². The van der Waals surface area contributed by atoms with Crippen LogP contribution in [0.1, 0.15) is 48.8 Å². The lowest BCUT2D eigenvalue weighted by atomic mass is 9.87. The van der Waals surface area contributed by atoms with E-state index >= 15 is 0 Å². The number of hydrogen-bond donors (Lipinski definition) is 1. The Hall–Kier alpha value is -0.910. The van der Waals surface area contributed by atoms with Gasteiger partial charge in [0.05, 0.1) is 13.2 Å². The molecule has 1 amide bonds. The van der Waals surface area contributed by atoms with Crippen molar-refractivity contribution < 1.29 is 14.3 Å². The van der Waals surface area contributed by atoms with Crippen LogP contribution in [0.2, 0.25) is 0 Å². The van der Waals surface area contributed by atoms with Gasteiger partial charge < -0.3 is 14.8 Å². The van der Waals surface area contributed by atoms with E-state index in [0.29, 0.717) is 19.1 Å². The molecule has 1 aliphatic carbocycles. The second-order valence-electron chi connectivity index (χ2n) is 7.35. The van der Waals surface area contributed by atoms with Gasteiger partial charge in [-0.3, -0.25) is 4.79 Å². The summed E-state index contributed by atoms with van der Waals surface area (Å²) in [5.41, 5.74) is -0.00214. The topological polar surface area (TPSA) is 47.6 Å². The van der Waals surface area contributed by atoms with Crippen LogP contribution < -0.4 is 5.32 Å². The third-order valence-corrected chi connectivity index (χ3v) is 5.94. The molecule has 2 heterocycles. The molecule has 2 aliphatic rings. The molecule has 23 heavy (non-hydrogen) atoms. The zero-order chi connectivity index (χ0) is 16.4. The first-order chi connectivity index (χ1) is 11.0. The Labute approximate surface area is 142 Å². The van der Waals surface area contributed by atoms with Gasteiger partial charge in [-0.2, -0.15) is 0 Å². The molecule has 0 aromatic carbocycles. The average molecular weight is 337 g/mol. The smallest absolute Gasteiger partial charge is 0.223 e. The molecule has 2 atom stereocenters. The fourth-order valence-electron chi connectivity index (χ4n) is 3.27. The van der Waals surface area contributed by atoms with Crippen LogP contribution in [-0.2, 0) is 14.3 Å². The number of thiophene rings is 1. The number of aryl methyl sites for hydroxylation is 1. The first-order valence-electron chi connectivity index (χ1n) is 8.54. The van der Waals surface area contributed by atoms with Crippen molar-refractivity contribution in [2.24, 2.45) is 11.3 Å². The number of amides is 1. The minimum Gasteiger partial charge on any atom is -0.356 e. The highest BCUT2D eigenvalue weighted by Gasteiger charge is 2.44. The van der Waals surface area contributed by atoms with Crippen molar-refractivity contribution in [3.05, 3.63) is 21.9 Å². The van der Waals surface area contributed by atoms with Crippen LogP contribution >= 0.6 is 11.3 Å². The zero-order valence-corrected chi connectivity index (χ0v) is 15.1. The summed E-state index contributed by atoms with van der Waals surface area (Å²) in [6.07, 6.45) is 2.84. The monoisotopic (exact) mass is 337 g/mol. The maximum atomic E-state index is 12.2. The number of hydrogen-bond acceptors (Lipinski definition) is 4. The molecular weight excluding hydrogens is 310 g/mol. The van der Waals surface area contributed by atoms with Gasteiger partial charge in [-0.05, 0) is 38.3 Å².